The van der Waals surface area contributed by atoms with Crippen LogP contribution in [0.4, 0.5) is 0 Å². The maximum absolute atomic E-state index is 12.3. The molecule has 0 spiro atoms. The fourth-order valence-electron chi connectivity index (χ4n) is 3.21. The van der Waals surface area contributed by atoms with Crippen molar-refractivity contribution in [2.24, 2.45) is 17.3 Å². The Hall–Kier alpha value is -0.920. The van der Waals surface area contributed by atoms with Crippen LogP contribution in [-0.4, -0.2) is 11.6 Å². The molecule has 2 aliphatic rings. The first-order valence-electron chi connectivity index (χ1n) is 6.83. The zero-order valence-corrected chi connectivity index (χ0v) is 10.9. The normalized spacial score (nSPS) is 32.3. The van der Waals surface area contributed by atoms with E-state index in [1.807, 2.05) is 6.08 Å². The van der Waals surface area contributed by atoms with Crippen molar-refractivity contribution < 1.29 is 9.59 Å². The molecule has 2 nitrogen and oxygen atoms in total. The van der Waals surface area contributed by atoms with Gasteiger partial charge in [0.1, 0.15) is 0 Å². The van der Waals surface area contributed by atoms with Crippen molar-refractivity contribution in [3.8, 4) is 0 Å². The Morgan fingerprint density at radius 2 is 2.18 bits per heavy atom. The second kappa shape index (κ2) is 4.75. The number of allylic oxidation sites excluding steroid dienone is 2. The Kier molecular flexibility index (Phi) is 3.50. The molecular formula is C15H22O2. The summed E-state index contributed by atoms with van der Waals surface area (Å²) in [6.45, 7) is 4.37. The highest BCUT2D eigenvalue weighted by atomic mass is 16.2. The highest BCUT2D eigenvalue weighted by Crippen LogP contribution is 2.44. The molecule has 0 aromatic rings. The van der Waals surface area contributed by atoms with Gasteiger partial charge in [0.2, 0.25) is 0 Å². The molecule has 2 aliphatic carbocycles. The van der Waals surface area contributed by atoms with Crippen LogP contribution in [-0.2, 0) is 9.59 Å². The van der Waals surface area contributed by atoms with Crippen molar-refractivity contribution in [2.45, 2.75) is 52.4 Å². The minimum absolute atomic E-state index is 0.0282. The van der Waals surface area contributed by atoms with Crippen molar-refractivity contribution in [1.29, 1.82) is 0 Å². The van der Waals surface area contributed by atoms with Crippen molar-refractivity contribution in [2.75, 3.05) is 0 Å². The molecule has 0 heterocycles. The first-order chi connectivity index (χ1) is 8.06. The third-order valence-corrected chi connectivity index (χ3v) is 4.26. The van der Waals surface area contributed by atoms with Crippen molar-refractivity contribution >= 4 is 11.6 Å². The summed E-state index contributed by atoms with van der Waals surface area (Å²) in [5.41, 5.74) is -0.632. The summed E-state index contributed by atoms with van der Waals surface area (Å²) >= 11 is 0. The van der Waals surface area contributed by atoms with Gasteiger partial charge >= 0.3 is 0 Å². The molecule has 0 amide bonds. The summed E-state index contributed by atoms with van der Waals surface area (Å²) in [6, 6.07) is 0. The molecular weight excluding hydrogens is 212 g/mol. The lowest BCUT2D eigenvalue weighted by Gasteiger charge is -2.39. The SMILES string of the molecule is CC(C)CCCC12CCCC(C=CC1=O)C2=O. The van der Waals surface area contributed by atoms with E-state index in [2.05, 4.69) is 13.8 Å². The van der Waals surface area contributed by atoms with Gasteiger partial charge in [0.05, 0.1) is 5.41 Å². The van der Waals surface area contributed by atoms with Gasteiger partial charge in [0.15, 0.2) is 11.6 Å². The van der Waals surface area contributed by atoms with Gasteiger partial charge in [-0.15, -0.1) is 0 Å². The summed E-state index contributed by atoms with van der Waals surface area (Å²) in [5, 5.41) is 0. The van der Waals surface area contributed by atoms with Crippen LogP contribution < -0.4 is 0 Å². The molecule has 1 saturated carbocycles. The van der Waals surface area contributed by atoms with E-state index in [-0.39, 0.29) is 17.5 Å². The molecule has 0 aromatic carbocycles. The third-order valence-electron chi connectivity index (χ3n) is 4.26. The van der Waals surface area contributed by atoms with Crippen LogP contribution in [0.3, 0.4) is 0 Å². The predicted octanol–water partition coefficient (Wildman–Crippen LogP) is 3.31. The van der Waals surface area contributed by atoms with E-state index >= 15 is 0 Å². The summed E-state index contributed by atoms with van der Waals surface area (Å²) in [5.74, 6) is 0.956. The van der Waals surface area contributed by atoms with Crippen molar-refractivity contribution in [3.63, 3.8) is 0 Å². The van der Waals surface area contributed by atoms with Gasteiger partial charge < -0.3 is 0 Å². The number of ketones is 2. The monoisotopic (exact) mass is 234 g/mol. The number of rotatable bonds is 4. The maximum Gasteiger partial charge on any atom is 0.168 e. The van der Waals surface area contributed by atoms with E-state index < -0.39 is 5.41 Å². The topological polar surface area (TPSA) is 34.1 Å². The number of hydrogen-bond acceptors (Lipinski definition) is 2. The largest absolute Gasteiger partial charge is 0.298 e. The molecule has 17 heavy (non-hydrogen) atoms. The molecule has 0 N–H and O–H groups in total. The summed E-state index contributed by atoms with van der Waals surface area (Å²) in [7, 11) is 0. The number of carbonyl (C=O) groups excluding carboxylic acids is 2. The minimum Gasteiger partial charge on any atom is -0.298 e. The number of hydrogen-bond donors (Lipinski definition) is 0. The van der Waals surface area contributed by atoms with Gasteiger partial charge in [-0.05, 0) is 31.3 Å². The van der Waals surface area contributed by atoms with Crippen LogP contribution in [0.1, 0.15) is 52.4 Å². The molecule has 1 fully saturated rings. The van der Waals surface area contributed by atoms with Gasteiger partial charge in [-0.1, -0.05) is 39.2 Å². The zero-order valence-electron chi connectivity index (χ0n) is 10.9. The molecule has 2 bridgehead atoms. The lowest BCUT2D eigenvalue weighted by atomic mass is 9.61. The van der Waals surface area contributed by atoms with E-state index in [1.54, 1.807) is 6.08 Å². The second-order valence-corrected chi connectivity index (χ2v) is 5.95. The summed E-state index contributed by atoms with van der Waals surface area (Å²) in [6.07, 6.45) is 9.10. The van der Waals surface area contributed by atoms with Gasteiger partial charge in [-0.3, -0.25) is 9.59 Å². The van der Waals surface area contributed by atoms with Gasteiger partial charge in [0.25, 0.3) is 0 Å². The van der Waals surface area contributed by atoms with E-state index in [9.17, 15) is 9.59 Å². The molecule has 2 atom stereocenters. The molecule has 2 rings (SSSR count). The zero-order chi connectivity index (χ0) is 12.5. The highest BCUT2D eigenvalue weighted by Gasteiger charge is 2.49. The molecule has 0 saturated heterocycles. The Balaban J connectivity index is 2.12. The Morgan fingerprint density at radius 3 is 2.88 bits per heavy atom. The molecule has 2 heteroatoms. The average Bonchev–Trinajstić information content (AvgIpc) is 2.26. The van der Waals surface area contributed by atoms with E-state index in [1.165, 1.54) is 0 Å². The van der Waals surface area contributed by atoms with Gasteiger partial charge in [-0.2, -0.15) is 0 Å². The van der Waals surface area contributed by atoms with Crippen LogP contribution in [0.25, 0.3) is 0 Å². The Morgan fingerprint density at radius 1 is 1.41 bits per heavy atom. The lowest BCUT2D eigenvalue weighted by molar-refractivity contribution is -0.144. The Bertz CT molecular complexity index is 354. The molecule has 0 radical (unpaired) electrons. The lowest BCUT2D eigenvalue weighted by Crippen LogP contribution is -2.47. The molecule has 2 unspecified atom stereocenters. The van der Waals surface area contributed by atoms with Gasteiger partial charge in [0, 0.05) is 5.92 Å². The third kappa shape index (κ3) is 2.22. The first-order valence-corrected chi connectivity index (χ1v) is 6.83. The van der Waals surface area contributed by atoms with E-state index in [4.69, 9.17) is 0 Å². The second-order valence-electron chi connectivity index (χ2n) is 5.95. The van der Waals surface area contributed by atoms with Gasteiger partial charge in [-0.25, -0.2) is 0 Å². The molecule has 94 valence electrons. The number of Topliss-reactive ketones (excluding diaryl/α,β-unsaturated/α-hetero) is 1. The molecule has 0 aromatic heterocycles. The standard InChI is InChI=1S/C15H22O2/c1-11(2)5-3-9-15-10-4-6-12(14(15)17)7-8-13(15)16/h7-8,11-12H,3-6,9-10H2,1-2H3. The quantitative estimate of drug-likeness (QED) is 0.699. The number of carbonyl (C=O) groups is 2. The number of fused-ring (bicyclic) bond motifs is 2. The van der Waals surface area contributed by atoms with Crippen LogP contribution in [0, 0.1) is 17.3 Å². The fraction of sp³-hybridized carbons (Fsp3) is 0.733. The first kappa shape index (κ1) is 12.5. The van der Waals surface area contributed by atoms with E-state index in [0.29, 0.717) is 5.92 Å². The van der Waals surface area contributed by atoms with Crippen LogP contribution in [0.15, 0.2) is 12.2 Å². The highest BCUT2D eigenvalue weighted by molar-refractivity contribution is 6.15. The summed E-state index contributed by atoms with van der Waals surface area (Å²) < 4.78 is 0. The fourth-order valence-corrected chi connectivity index (χ4v) is 3.21. The smallest absolute Gasteiger partial charge is 0.168 e. The minimum atomic E-state index is -0.632. The van der Waals surface area contributed by atoms with Crippen molar-refractivity contribution in [3.05, 3.63) is 12.2 Å². The van der Waals surface area contributed by atoms with Crippen molar-refractivity contribution in [1.82, 2.24) is 0 Å². The molecule has 0 aliphatic heterocycles. The Labute approximate surface area is 103 Å². The van der Waals surface area contributed by atoms with Crippen LogP contribution in [0.5, 0.6) is 0 Å². The predicted molar refractivity (Wildman–Crippen MR) is 67.6 cm³/mol. The summed E-state index contributed by atoms with van der Waals surface area (Å²) in [4.78, 5) is 24.4. The van der Waals surface area contributed by atoms with Crippen LogP contribution >= 0.6 is 0 Å². The van der Waals surface area contributed by atoms with E-state index in [0.717, 1.165) is 38.5 Å². The average molecular weight is 234 g/mol. The maximum atomic E-state index is 12.3. The van der Waals surface area contributed by atoms with Crippen LogP contribution in [0.2, 0.25) is 0 Å².